The van der Waals surface area contributed by atoms with Crippen LogP contribution in [-0.4, -0.2) is 34.0 Å². The predicted octanol–water partition coefficient (Wildman–Crippen LogP) is 1.97. The fourth-order valence-electron chi connectivity index (χ4n) is 1.60. The van der Waals surface area contributed by atoms with Crippen LogP contribution >= 0.6 is 0 Å². The molecule has 1 aliphatic rings. The lowest BCUT2D eigenvalue weighted by atomic mass is 10.2. The Morgan fingerprint density at radius 3 is 2.83 bits per heavy atom. The topological polar surface area (TPSA) is 125 Å². The molecule has 1 atom stereocenters. The van der Waals surface area contributed by atoms with Gasteiger partial charge in [-0.3, -0.25) is 21.0 Å². The summed E-state index contributed by atoms with van der Waals surface area (Å²) in [5.74, 6) is 0.135. The van der Waals surface area contributed by atoms with Crippen molar-refractivity contribution in [2.75, 3.05) is 0 Å². The Hall–Kier alpha value is -2.97. The van der Waals surface area contributed by atoms with Gasteiger partial charge in [0, 0.05) is 11.6 Å². The van der Waals surface area contributed by atoms with E-state index in [0.717, 1.165) is 0 Å². The smallest absolute Gasteiger partial charge is 0.311 e. The molecule has 0 saturated heterocycles. The summed E-state index contributed by atoms with van der Waals surface area (Å²) in [7, 11) is 0. The maximum Gasteiger partial charge on any atom is 0.311 e. The zero-order valence-electron chi connectivity index (χ0n) is 13.4. The number of phenols is 1. The maximum atomic E-state index is 10.7. The number of hydrazone groups is 2. The number of nitro benzene ring substituents is 1. The van der Waals surface area contributed by atoms with Gasteiger partial charge in [-0.1, -0.05) is 13.8 Å². The molecule has 1 aliphatic heterocycles. The van der Waals surface area contributed by atoms with Crippen LogP contribution in [0.5, 0.6) is 5.75 Å². The van der Waals surface area contributed by atoms with E-state index >= 15 is 0 Å². The highest BCUT2D eigenvalue weighted by Crippen LogP contribution is 2.25. The molecular weight excluding hydrogens is 300 g/mol. The van der Waals surface area contributed by atoms with Gasteiger partial charge in [-0.05, 0) is 26.0 Å². The largest absolute Gasteiger partial charge is 0.502 e. The first-order valence-electron chi connectivity index (χ1n) is 7.12. The van der Waals surface area contributed by atoms with E-state index in [2.05, 4.69) is 26.0 Å². The van der Waals surface area contributed by atoms with Crippen LogP contribution in [0, 0.1) is 10.1 Å². The molecule has 0 amide bonds. The van der Waals surface area contributed by atoms with E-state index in [0.29, 0.717) is 17.1 Å². The molecule has 3 N–H and O–H groups in total. The van der Waals surface area contributed by atoms with Crippen molar-refractivity contribution in [2.24, 2.45) is 15.2 Å². The second kappa shape index (κ2) is 8.47. The van der Waals surface area contributed by atoms with E-state index in [4.69, 9.17) is 0 Å². The molecule has 0 spiro atoms. The van der Waals surface area contributed by atoms with Gasteiger partial charge >= 0.3 is 5.69 Å². The lowest BCUT2D eigenvalue weighted by Crippen LogP contribution is -2.36. The molecule has 9 nitrogen and oxygen atoms in total. The second-order valence-electron chi connectivity index (χ2n) is 4.36. The van der Waals surface area contributed by atoms with E-state index in [1.54, 1.807) is 6.92 Å². The highest BCUT2D eigenvalue weighted by atomic mass is 16.6. The summed E-state index contributed by atoms with van der Waals surface area (Å²) in [5.41, 5.74) is 6.29. The van der Waals surface area contributed by atoms with Crippen LogP contribution in [0.2, 0.25) is 0 Å². The quantitative estimate of drug-likeness (QED) is 0.446. The van der Waals surface area contributed by atoms with Gasteiger partial charge in [0.15, 0.2) is 11.6 Å². The van der Waals surface area contributed by atoms with Gasteiger partial charge in [0.05, 0.1) is 11.1 Å². The molecule has 1 heterocycles. The first-order valence-corrected chi connectivity index (χ1v) is 7.12. The van der Waals surface area contributed by atoms with Crippen molar-refractivity contribution in [1.82, 2.24) is 10.9 Å². The Morgan fingerprint density at radius 2 is 2.17 bits per heavy atom. The molecule has 2 rings (SSSR count). The van der Waals surface area contributed by atoms with Gasteiger partial charge in [-0.2, -0.15) is 10.2 Å². The molecule has 0 bridgehead atoms. The van der Waals surface area contributed by atoms with Gasteiger partial charge < -0.3 is 5.11 Å². The molecular formula is C14H20N6O3. The van der Waals surface area contributed by atoms with Gasteiger partial charge in [0.2, 0.25) is 0 Å². The van der Waals surface area contributed by atoms with Gasteiger partial charge in [-0.15, -0.1) is 0 Å². The van der Waals surface area contributed by atoms with Gasteiger partial charge in [0.25, 0.3) is 0 Å². The number of rotatable bonds is 3. The Labute approximate surface area is 134 Å². The van der Waals surface area contributed by atoms with E-state index in [1.165, 1.54) is 24.4 Å². The van der Waals surface area contributed by atoms with Crippen molar-refractivity contribution in [3.63, 3.8) is 0 Å². The number of nitrogens with one attached hydrogen (secondary N) is 2. The first-order chi connectivity index (χ1) is 11.0. The highest BCUT2D eigenvalue weighted by molar-refractivity contribution is 6.40. The van der Waals surface area contributed by atoms with Crippen molar-refractivity contribution in [3.8, 4) is 5.75 Å². The summed E-state index contributed by atoms with van der Waals surface area (Å²) in [6, 6.07) is 3.99. The molecule has 0 aromatic heterocycles. The summed E-state index contributed by atoms with van der Waals surface area (Å²) >= 11 is 0. The lowest BCUT2D eigenvalue weighted by Gasteiger charge is -2.15. The van der Waals surface area contributed by atoms with Crippen molar-refractivity contribution < 1.29 is 10.0 Å². The summed E-state index contributed by atoms with van der Waals surface area (Å²) in [6.07, 6.45) is 1.25. The number of amidine groups is 1. The molecule has 0 saturated carbocycles. The monoisotopic (exact) mass is 320 g/mol. The number of nitrogens with zero attached hydrogens (tertiary/aromatic N) is 4. The van der Waals surface area contributed by atoms with E-state index in [-0.39, 0.29) is 17.6 Å². The van der Waals surface area contributed by atoms with Crippen molar-refractivity contribution in [3.05, 3.63) is 33.9 Å². The predicted molar refractivity (Wildman–Crippen MR) is 90.0 cm³/mol. The molecule has 124 valence electrons. The average Bonchev–Trinajstić information content (AvgIpc) is 2.54. The summed E-state index contributed by atoms with van der Waals surface area (Å²) in [6.45, 7) is 7.61. The SMILES string of the molecule is CC.CC1=NNC(C)N=C1N/N=C/c1ccc(O)c([N+](=O)[O-])c1. The van der Waals surface area contributed by atoms with Crippen molar-refractivity contribution in [2.45, 2.75) is 33.9 Å². The normalized spacial score (nSPS) is 16.6. The van der Waals surface area contributed by atoms with Crippen molar-refractivity contribution >= 4 is 23.4 Å². The number of aliphatic imine (C=N–C) groups is 1. The van der Waals surface area contributed by atoms with E-state index in [9.17, 15) is 15.2 Å². The minimum Gasteiger partial charge on any atom is -0.502 e. The third kappa shape index (κ3) is 5.06. The van der Waals surface area contributed by atoms with Crippen LogP contribution in [0.4, 0.5) is 5.69 Å². The standard InChI is InChI=1S/C12H14N6O3.C2H6/c1-7-12(14-8(2)16-15-7)17-13-6-9-3-4-11(19)10(5-9)18(20)21;1-2/h3-6,8,16,19H,1-2H3,(H,14,17);1-2H3/b13-6+;. The Morgan fingerprint density at radius 1 is 1.48 bits per heavy atom. The van der Waals surface area contributed by atoms with E-state index in [1.807, 2.05) is 20.8 Å². The Bertz CT molecular complexity index is 654. The number of phenolic OH excluding ortho intramolecular Hbond substituents is 1. The van der Waals surface area contributed by atoms with E-state index < -0.39 is 4.92 Å². The van der Waals surface area contributed by atoms with Gasteiger partial charge in [0.1, 0.15) is 11.9 Å². The molecule has 1 aromatic carbocycles. The third-order valence-corrected chi connectivity index (χ3v) is 2.66. The van der Waals surface area contributed by atoms with Gasteiger partial charge in [-0.25, -0.2) is 4.99 Å². The summed E-state index contributed by atoms with van der Waals surface area (Å²) in [4.78, 5) is 14.3. The average molecular weight is 320 g/mol. The van der Waals surface area contributed by atoms with Crippen molar-refractivity contribution in [1.29, 1.82) is 0 Å². The third-order valence-electron chi connectivity index (χ3n) is 2.66. The number of benzene rings is 1. The number of hydrogen-bond donors (Lipinski definition) is 3. The molecule has 0 radical (unpaired) electrons. The molecule has 0 fully saturated rings. The zero-order chi connectivity index (χ0) is 17.4. The lowest BCUT2D eigenvalue weighted by molar-refractivity contribution is -0.385. The molecule has 9 heteroatoms. The molecule has 1 unspecified atom stereocenters. The highest BCUT2D eigenvalue weighted by Gasteiger charge is 2.13. The minimum atomic E-state index is -0.657. The summed E-state index contributed by atoms with van der Waals surface area (Å²) in [5, 5.41) is 28.1. The Balaban J connectivity index is 0.00000127. The molecule has 1 aromatic rings. The molecule has 23 heavy (non-hydrogen) atoms. The summed E-state index contributed by atoms with van der Waals surface area (Å²) < 4.78 is 0. The van der Waals surface area contributed by atoms with Crippen LogP contribution in [0.15, 0.2) is 33.4 Å². The van der Waals surface area contributed by atoms with Crippen LogP contribution in [0.1, 0.15) is 33.3 Å². The first kappa shape index (κ1) is 18.1. The maximum absolute atomic E-state index is 10.7. The number of nitro groups is 1. The van der Waals surface area contributed by atoms with Crippen LogP contribution in [-0.2, 0) is 0 Å². The number of aromatic hydroxyl groups is 1. The second-order valence-corrected chi connectivity index (χ2v) is 4.36. The van der Waals surface area contributed by atoms with Crippen LogP contribution in [0.25, 0.3) is 0 Å². The minimum absolute atomic E-state index is 0.152. The van der Waals surface area contributed by atoms with Crippen LogP contribution < -0.4 is 10.9 Å². The molecule has 0 aliphatic carbocycles. The number of hydrogen-bond acceptors (Lipinski definition) is 8. The zero-order valence-corrected chi connectivity index (χ0v) is 13.4. The fraction of sp³-hybridized carbons (Fsp3) is 0.357. The Kier molecular flexibility index (Phi) is 6.66. The fourth-order valence-corrected chi connectivity index (χ4v) is 1.60. The van der Waals surface area contributed by atoms with Crippen LogP contribution in [0.3, 0.4) is 0 Å².